The Bertz CT molecular complexity index is 716. The van der Waals surface area contributed by atoms with Crippen LogP contribution in [0.5, 0.6) is 0 Å². The first-order valence-corrected chi connectivity index (χ1v) is 9.63. The second-order valence-electron chi connectivity index (χ2n) is 4.81. The second-order valence-corrected chi connectivity index (χ2v) is 9.18. The van der Waals surface area contributed by atoms with Gasteiger partial charge in [-0.05, 0) is 30.5 Å². The molecular formula is C11H15ClN2O4S2. The molecule has 0 amide bonds. The van der Waals surface area contributed by atoms with E-state index >= 15 is 0 Å². The number of nitrogens with two attached hydrogens (primary N) is 1. The van der Waals surface area contributed by atoms with Crippen LogP contribution < -0.4 is 10.5 Å². The van der Waals surface area contributed by atoms with Crippen LogP contribution >= 0.6 is 11.6 Å². The van der Waals surface area contributed by atoms with Gasteiger partial charge in [-0.1, -0.05) is 11.6 Å². The molecule has 9 heteroatoms. The van der Waals surface area contributed by atoms with Gasteiger partial charge in [-0.25, -0.2) is 21.6 Å². The van der Waals surface area contributed by atoms with E-state index in [9.17, 15) is 16.8 Å². The number of nitrogen functional groups attached to an aromatic ring is 1. The molecule has 1 unspecified atom stereocenters. The summed E-state index contributed by atoms with van der Waals surface area (Å²) in [7, 11) is -6.82. The lowest BCUT2D eigenvalue weighted by Gasteiger charge is -2.11. The Morgan fingerprint density at radius 3 is 2.70 bits per heavy atom. The van der Waals surface area contributed by atoms with Crippen molar-refractivity contribution in [3.05, 3.63) is 23.2 Å². The zero-order valence-electron chi connectivity index (χ0n) is 10.5. The number of sulfone groups is 1. The van der Waals surface area contributed by atoms with Gasteiger partial charge in [-0.15, -0.1) is 0 Å². The summed E-state index contributed by atoms with van der Waals surface area (Å²) in [6.45, 7) is 0.0761. The highest BCUT2D eigenvalue weighted by atomic mass is 35.5. The van der Waals surface area contributed by atoms with Gasteiger partial charge in [0.25, 0.3) is 0 Å². The van der Waals surface area contributed by atoms with Crippen LogP contribution in [0, 0.1) is 5.92 Å². The Labute approximate surface area is 123 Å². The summed E-state index contributed by atoms with van der Waals surface area (Å²) >= 11 is 5.85. The molecular weight excluding hydrogens is 324 g/mol. The smallest absolute Gasteiger partial charge is 0.242 e. The molecule has 1 aromatic rings. The van der Waals surface area contributed by atoms with Crippen LogP contribution in [0.4, 0.5) is 5.69 Å². The maximum absolute atomic E-state index is 12.1. The van der Waals surface area contributed by atoms with Gasteiger partial charge in [0, 0.05) is 12.2 Å². The first kappa shape index (κ1) is 15.6. The molecule has 6 nitrogen and oxygen atoms in total. The fourth-order valence-electron chi connectivity index (χ4n) is 2.06. The van der Waals surface area contributed by atoms with E-state index in [1.54, 1.807) is 0 Å². The zero-order valence-corrected chi connectivity index (χ0v) is 12.9. The Balaban J connectivity index is 2.10. The predicted octanol–water partition coefficient (Wildman–Crippen LogP) is 0.635. The number of nitrogens with one attached hydrogen (secondary N) is 1. The number of sulfonamides is 1. The SMILES string of the molecule is Nc1ccc(Cl)c(S(=O)(=O)NCC2CCS(=O)(=O)C2)c1. The molecule has 3 N–H and O–H groups in total. The fraction of sp³-hybridized carbons (Fsp3) is 0.455. The molecule has 0 aromatic heterocycles. The lowest BCUT2D eigenvalue weighted by atomic mass is 10.1. The fourth-order valence-corrected chi connectivity index (χ4v) is 5.57. The molecule has 1 aliphatic rings. The van der Waals surface area contributed by atoms with Gasteiger partial charge >= 0.3 is 0 Å². The molecule has 0 aliphatic carbocycles. The van der Waals surface area contributed by atoms with E-state index in [0.717, 1.165) is 0 Å². The van der Waals surface area contributed by atoms with Gasteiger partial charge in [-0.3, -0.25) is 0 Å². The minimum atomic E-state index is -3.79. The molecule has 0 saturated carbocycles. The minimum absolute atomic E-state index is 0.0141. The lowest BCUT2D eigenvalue weighted by Crippen LogP contribution is -2.30. The third kappa shape index (κ3) is 3.63. The predicted molar refractivity (Wildman–Crippen MR) is 77.8 cm³/mol. The summed E-state index contributed by atoms with van der Waals surface area (Å²) in [4.78, 5) is -0.0972. The number of hydrogen-bond donors (Lipinski definition) is 2. The molecule has 20 heavy (non-hydrogen) atoms. The lowest BCUT2D eigenvalue weighted by molar-refractivity contribution is 0.543. The Morgan fingerprint density at radius 1 is 1.40 bits per heavy atom. The summed E-state index contributed by atoms with van der Waals surface area (Å²) in [6.07, 6.45) is 0.468. The Morgan fingerprint density at radius 2 is 2.10 bits per heavy atom. The largest absolute Gasteiger partial charge is 0.399 e. The molecule has 1 aromatic carbocycles. The number of benzene rings is 1. The van der Waals surface area contributed by atoms with Crippen molar-refractivity contribution in [1.82, 2.24) is 4.72 Å². The van der Waals surface area contributed by atoms with Crippen molar-refractivity contribution in [2.24, 2.45) is 5.92 Å². The number of anilines is 1. The van der Waals surface area contributed by atoms with Gasteiger partial charge in [0.1, 0.15) is 4.90 Å². The van der Waals surface area contributed by atoms with Crippen LogP contribution in [0.1, 0.15) is 6.42 Å². The molecule has 0 spiro atoms. The van der Waals surface area contributed by atoms with E-state index in [0.29, 0.717) is 12.1 Å². The van der Waals surface area contributed by atoms with E-state index < -0.39 is 19.9 Å². The number of rotatable bonds is 4. The van der Waals surface area contributed by atoms with Gasteiger partial charge in [0.2, 0.25) is 10.0 Å². The third-order valence-corrected chi connectivity index (χ3v) is 6.88. The molecule has 1 aliphatic heterocycles. The van der Waals surface area contributed by atoms with Gasteiger partial charge in [0.15, 0.2) is 9.84 Å². The number of halogens is 1. The standard InChI is InChI=1S/C11H15ClN2O4S2/c12-10-2-1-9(13)5-11(10)20(17,18)14-6-8-3-4-19(15,16)7-8/h1-2,5,8,14H,3-4,6-7,13H2. The minimum Gasteiger partial charge on any atom is -0.399 e. The normalized spacial score (nSPS) is 21.9. The zero-order chi connectivity index (χ0) is 15.0. The van der Waals surface area contributed by atoms with E-state index in [1.165, 1.54) is 18.2 Å². The van der Waals surface area contributed by atoms with Crippen LogP contribution in [0.3, 0.4) is 0 Å². The van der Waals surface area contributed by atoms with E-state index in [4.69, 9.17) is 17.3 Å². The van der Waals surface area contributed by atoms with E-state index in [1.807, 2.05) is 0 Å². The van der Waals surface area contributed by atoms with E-state index in [-0.39, 0.29) is 33.9 Å². The van der Waals surface area contributed by atoms with E-state index in [2.05, 4.69) is 4.72 Å². The van der Waals surface area contributed by atoms with Crippen LogP contribution in [0.25, 0.3) is 0 Å². The maximum atomic E-state index is 12.1. The summed E-state index contributed by atoms with van der Waals surface area (Å²) in [5.74, 6) is -0.0758. The number of hydrogen-bond acceptors (Lipinski definition) is 5. The van der Waals surface area contributed by atoms with Gasteiger partial charge in [-0.2, -0.15) is 0 Å². The van der Waals surface area contributed by atoms with Crippen LogP contribution in [-0.4, -0.2) is 34.9 Å². The Kier molecular flexibility index (Phi) is 4.29. The van der Waals surface area contributed by atoms with Crippen molar-refractivity contribution in [1.29, 1.82) is 0 Å². The summed E-state index contributed by atoms with van der Waals surface area (Å²) in [5.41, 5.74) is 5.84. The molecule has 1 fully saturated rings. The Hall–Kier alpha value is -0.830. The van der Waals surface area contributed by atoms with Crippen LogP contribution in [-0.2, 0) is 19.9 Å². The van der Waals surface area contributed by atoms with Crippen LogP contribution in [0.2, 0.25) is 5.02 Å². The monoisotopic (exact) mass is 338 g/mol. The highest BCUT2D eigenvalue weighted by Crippen LogP contribution is 2.24. The van der Waals surface area contributed by atoms with Crippen molar-refractivity contribution in [2.45, 2.75) is 11.3 Å². The van der Waals surface area contributed by atoms with Gasteiger partial charge in [0.05, 0.1) is 16.5 Å². The van der Waals surface area contributed by atoms with Crippen molar-refractivity contribution < 1.29 is 16.8 Å². The molecule has 0 bridgehead atoms. The second kappa shape index (κ2) is 5.51. The molecule has 2 rings (SSSR count). The molecule has 112 valence electrons. The van der Waals surface area contributed by atoms with Crippen molar-refractivity contribution in [3.8, 4) is 0 Å². The van der Waals surface area contributed by atoms with Gasteiger partial charge < -0.3 is 5.73 Å². The molecule has 1 saturated heterocycles. The van der Waals surface area contributed by atoms with Crippen molar-refractivity contribution >= 4 is 37.1 Å². The van der Waals surface area contributed by atoms with Crippen LogP contribution in [0.15, 0.2) is 23.1 Å². The maximum Gasteiger partial charge on any atom is 0.242 e. The van der Waals surface area contributed by atoms with Crippen molar-refractivity contribution in [2.75, 3.05) is 23.8 Å². The average molecular weight is 339 g/mol. The highest BCUT2D eigenvalue weighted by Gasteiger charge is 2.29. The topological polar surface area (TPSA) is 106 Å². The first-order chi connectivity index (χ1) is 9.20. The first-order valence-electron chi connectivity index (χ1n) is 5.95. The summed E-state index contributed by atoms with van der Waals surface area (Å²) in [6, 6.07) is 4.19. The molecule has 1 heterocycles. The highest BCUT2D eigenvalue weighted by molar-refractivity contribution is 7.91. The van der Waals surface area contributed by atoms with Crippen molar-refractivity contribution in [3.63, 3.8) is 0 Å². The summed E-state index contributed by atoms with van der Waals surface area (Å²) < 4.78 is 49.3. The molecule has 1 atom stereocenters. The average Bonchev–Trinajstić information content (AvgIpc) is 2.70. The molecule has 0 radical (unpaired) electrons. The quantitative estimate of drug-likeness (QED) is 0.783. The third-order valence-electron chi connectivity index (χ3n) is 3.13. The summed E-state index contributed by atoms with van der Waals surface area (Å²) in [5, 5.41) is 0.0748.